The normalized spacial score (nSPS) is 11.7. The van der Waals surface area contributed by atoms with Crippen molar-refractivity contribution in [1.82, 2.24) is 0 Å². The highest BCUT2D eigenvalue weighted by Crippen LogP contribution is 2.26. The third-order valence-corrected chi connectivity index (χ3v) is 2.51. The van der Waals surface area contributed by atoms with E-state index < -0.39 is 0 Å². The molecule has 0 atom stereocenters. The summed E-state index contributed by atoms with van der Waals surface area (Å²) in [4.78, 5) is 11.8. The van der Waals surface area contributed by atoms with Crippen LogP contribution in [0.25, 0.3) is 6.08 Å². The molecule has 0 fully saturated rings. The van der Waals surface area contributed by atoms with E-state index in [2.05, 4.69) is 0 Å². The summed E-state index contributed by atoms with van der Waals surface area (Å²) in [6, 6.07) is 4.43. The molecule has 0 aliphatic heterocycles. The molecule has 1 aromatic rings. The fourth-order valence-electron chi connectivity index (χ4n) is 1.70. The molecule has 0 aromatic heterocycles. The van der Waals surface area contributed by atoms with Crippen molar-refractivity contribution in [3.63, 3.8) is 0 Å². The van der Waals surface area contributed by atoms with Crippen molar-refractivity contribution >= 4 is 12.0 Å². The lowest BCUT2D eigenvalue weighted by atomic mass is 10.0. The summed E-state index contributed by atoms with van der Waals surface area (Å²) in [6.45, 7) is 6.12. The molecule has 0 unspecified atom stereocenters. The van der Waals surface area contributed by atoms with Crippen LogP contribution in [0.5, 0.6) is 11.5 Å². The minimum Gasteiger partial charge on any atom is -0.504 e. The molecule has 19 heavy (non-hydrogen) atoms. The summed E-state index contributed by atoms with van der Waals surface area (Å²) in [5.41, 5.74) is 1.21. The van der Waals surface area contributed by atoms with E-state index in [1.165, 1.54) is 12.1 Å². The first kappa shape index (κ1) is 15.1. The van der Waals surface area contributed by atoms with Crippen LogP contribution < -0.4 is 0 Å². The number of carbonyl (C=O) groups excluding carboxylic acids is 1. The molecule has 0 aliphatic rings. The topological polar surface area (TPSA) is 66.8 Å². The van der Waals surface area contributed by atoms with Crippen LogP contribution in [0.3, 0.4) is 0 Å². The predicted molar refractivity (Wildman–Crippen MR) is 73.8 cm³/mol. The smallest absolute Gasteiger partial charge is 0.334 e. The Hall–Kier alpha value is -1.97. The molecular weight excluding hydrogens is 244 g/mol. The molecule has 0 saturated carbocycles. The zero-order chi connectivity index (χ0) is 14.4. The molecule has 4 heteroatoms. The fourth-order valence-corrected chi connectivity index (χ4v) is 1.70. The van der Waals surface area contributed by atoms with E-state index in [4.69, 9.17) is 4.74 Å². The molecule has 1 rings (SSSR count). The van der Waals surface area contributed by atoms with Crippen LogP contribution in [-0.2, 0) is 9.53 Å². The van der Waals surface area contributed by atoms with Crippen LogP contribution in [0.4, 0.5) is 0 Å². The Labute approximate surface area is 113 Å². The van der Waals surface area contributed by atoms with Crippen molar-refractivity contribution in [3.8, 4) is 11.5 Å². The molecule has 0 heterocycles. The molecule has 0 bridgehead atoms. The number of carbonyl (C=O) groups is 1. The lowest BCUT2D eigenvalue weighted by Gasteiger charge is -2.10. The van der Waals surface area contributed by atoms with Crippen molar-refractivity contribution in [2.75, 3.05) is 6.61 Å². The van der Waals surface area contributed by atoms with Gasteiger partial charge in [0, 0.05) is 5.57 Å². The number of benzene rings is 1. The lowest BCUT2D eigenvalue weighted by molar-refractivity contribution is -0.138. The highest BCUT2D eigenvalue weighted by molar-refractivity contribution is 5.93. The summed E-state index contributed by atoms with van der Waals surface area (Å²) in [6.07, 6.45) is 2.28. The Bertz CT molecular complexity index is 475. The summed E-state index contributed by atoms with van der Waals surface area (Å²) in [7, 11) is 0. The van der Waals surface area contributed by atoms with Gasteiger partial charge >= 0.3 is 5.97 Å². The molecule has 2 N–H and O–H groups in total. The molecular formula is C15H20O4. The maximum atomic E-state index is 11.8. The van der Waals surface area contributed by atoms with Crippen molar-refractivity contribution in [2.24, 2.45) is 5.92 Å². The third kappa shape index (κ3) is 4.66. The van der Waals surface area contributed by atoms with Crippen LogP contribution in [0.15, 0.2) is 23.8 Å². The Morgan fingerprint density at radius 3 is 2.53 bits per heavy atom. The maximum absolute atomic E-state index is 11.8. The van der Waals surface area contributed by atoms with Gasteiger partial charge in [-0.25, -0.2) is 4.79 Å². The summed E-state index contributed by atoms with van der Waals surface area (Å²) in [5, 5.41) is 18.7. The van der Waals surface area contributed by atoms with E-state index >= 15 is 0 Å². The SMILES string of the molecule is CCOC(=O)/C(=C/c1ccc(O)c(O)c1)CC(C)C. The summed E-state index contributed by atoms with van der Waals surface area (Å²) >= 11 is 0. The van der Waals surface area contributed by atoms with Gasteiger partial charge in [0.15, 0.2) is 11.5 Å². The van der Waals surface area contributed by atoms with Crippen molar-refractivity contribution in [2.45, 2.75) is 27.2 Å². The van der Waals surface area contributed by atoms with Gasteiger partial charge in [-0.1, -0.05) is 19.9 Å². The fraction of sp³-hybridized carbons (Fsp3) is 0.400. The molecule has 0 spiro atoms. The van der Waals surface area contributed by atoms with E-state index in [-0.39, 0.29) is 17.5 Å². The van der Waals surface area contributed by atoms with Gasteiger partial charge in [-0.2, -0.15) is 0 Å². The number of ether oxygens (including phenoxy) is 1. The number of phenols is 2. The largest absolute Gasteiger partial charge is 0.504 e. The van der Waals surface area contributed by atoms with E-state index in [0.717, 1.165) is 0 Å². The number of rotatable bonds is 5. The van der Waals surface area contributed by atoms with Crippen LogP contribution in [-0.4, -0.2) is 22.8 Å². The molecule has 0 radical (unpaired) electrons. The Balaban J connectivity index is 3.04. The second-order valence-electron chi connectivity index (χ2n) is 4.74. The van der Waals surface area contributed by atoms with Gasteiger partial charge in [0.1, 0.15) is 0 Å². The van der Waals surface area contributed by atoms with E-state index in [1.54, 1.807) is 19.1 Å². The lowest BCUT2D eigenvalue weighted by Crippen LogP contribution is -2.09. The molecule has 0 amide bonds. The van der Waals surface area contributed by atoms with Crippen LogP contribution in [0.1, 0.15) is 32.8 Å². The van der Waals surface area contributed by atoms with Crippen LogP contribution >= 0.6 is 0 Å². The van der Waals surface area contributed by atoms with Gasteiger partial charge in [-0.3, -0.25) is 0 Å². The Morgan fingerprint density at radius 2 is 2.00 bits per heavy atom. The number of esters is 1. The third-order valence-electron chi connectivity index (χ3n) is 2.51. The summed E-state index contributed by atoms with van der Waals surface area (Å²) in [5.74, 6) is -0.412. The van der Waals surface area contributed by atoms with E-state index in [1.807, 2.05) is 13.8 Å². The minimum atomic E-state index is -0.344. The van der Waals surface area contributed by atoms with Crippen molar-refractivity contribution in [3.05, 3.63) is 29.3 Å². The number of hydrogen-bond donors (Lipinski definition) is 2. The molecule has 1 aromatic carbocycles. The number of hydrogen-bond acceptors (Lipinski definition) is 4. The highest BCUT2D eigenvalue weighted by atomic mass is 16.5. The first-order valence-electron chi connectivity index (χ1n) is 6.33. The highest BCUT2D eigenvalue weighted by Gasteiger charge is 2.13. The maximum Gasteiger partial charge on any atom is 0.334 e. The molecule has 104 valence electrons. The average molecular weight is 264 g/mol. The first-order valence-corrected chi connectivity index (χ1v) is 6.33. The van der Waals surface area contributed by atoms with Crippen LogP contribution in [0, 0.1) is 5.92 Å². The van der Waals surface area contributed by atoms with E-state index in [9.17, 15) is 15.0 Å². The number of phenolic OH excluding ortho intramolecular Hbond substituents is 2. The Morgan fingerprint density at radius 1 is 1.32 bits per heavy atom. The summed E-state index contributed by atoms with van der Waals surface area (Å²) < 4.78 is 5.01. The first-order chi connectivity index (χ1) is 8.93. The average Bonchev–Trinajstić information content (AvgIpc) is 2.33. The van der Waals surface area contributed by atoms with Gasteiger partial charge in [-0.15, -0.1) is 0 Å². The van der Waals surface area contributed by atoms with Crippen molar-refractivity contribution in [1.29, 1.82) is 0 Å². The quantitative estimate of drug-likeness (QED) is 0.487. The van der Waals surface area contributed by atoms with E-state index in [0.29, 0.717) is 30.1 Å². The van der Waals surface area contributed by atoms with Gasteiger partial charge in [0.25, 0.3) is 0 Å². The minimum absolute atomic E-state index is 0.182. The second kappa shape index (κ2) is 6.83. The molecule has 0 aliphatic carbocycles. The molecule has 0 saturated heterocycles. The van der Waals surface area contributed by atoms with Gasteiger partial charge in [-0.05, 0) is 43.0 Å². The van der Waals surface area contributed by atoms with Gasteiger partial charge < -0.3 is 14.9 Å². The zero-order valence-electron chi connectivity index (χ0n) is 11.5. The number of aromatic hydroxyl groups is 2. The zero-order valence-corrected chi connectivity index (χ0v) is 11.5. The Kier molecular flexibility index (Phi) is 5.42. The predicted octanol–water partition coefficient (Wildman–Crippen LogP) is 3.09. The van der Waals surface area contributed by atoms with Crippen LogP contribution in [0.2, 0.25) is 0 Å². The standard InChI is InChI=1S/C15H20O4/c1-4-19-15(18)12(7-10(2)3)8-11-5-6-13(16)14(17)9-11/h5-6,8-10,16-17H,4,7H2,1-3H3/b12-8+. The molecule has 4 nitrogen and oxygen atoms in total. The second-order valence-corrected chi connectivity index (χ2v) is 4.74. The van der Waals surface area contributed by atoms with Crippen molar-refractivity contribution < 1.29 is 19.7 Å². The van der Waals surface area contributed by atoms with Gasteiger partial charge in [0.05, 0.1) is 6.61 Å². The monoisotopic (exact) mass is 264 g/mol. The van der Waals surface area contributed by atoms with Gasteiger partial charge in [0.2, 0.25) is 0 Å².